The summed E-state index contributed by atoms with van der Waals surface area (Å²) in [6.45, 7) is 2.59. The standard InChI is InChI=1S/C20H30N2O2/c1-22(18-11-16-6-7-17(12-18)21-16)13-15-4-8-19(9-5-15)24-14-20-3-2-10-23-20/h4-5,8-9,16-18,20-21H,2-3,6-7,10-14H2,1H3. The van der Waals surface area contributed by atoms with Crippen molar-refractivity contribution in [3.63, 3.8) is 0 Å². The van der Waals surface area contributed by atoms with E-state index in [-0.39, 0.29) is 6.10 Å². The van der Waals surface area contributed by atoms with Crippen molar-refractivity contribution in [3.8, 4) is 5.75 Å². The maximum atomic E-state index is 5.86. The van der Waals surface area contributed by atoms with Gasteiger partial charge in [0.2, 0.25) is 0 Å². The summed E-state index contributed by atoms with van der Waals surface area (Å²) >= 11 is 0. The first-order chi connectivity index (χ1) is 11.8. The third-order valence-electron chi connectivity index (χ3n) is 5.89. The molecule has 0 spiro atoms. The maximum absolute atomic E-state index is 5.86. The van der Waals surface area contributed by atoms with Crippen LogP contribution in [0, 0.1) is 0 Å². The van der Waals surface area contributed by atoms with Crippen molar-refractivity contribution in [1.82, 2.24) is 10.2 Å². The van der Waals surface area contributed by atoms with Crippen LogP contribution in [0.1, 0.15) is 44.1 Å². The molecule has 3 saturated heterocycles. The van der Waals surface area contributed by atoms with Crippen molar-refractivity contribution in [2.24, 2.45) is 0 Å². The van der Waals surface area contributed by atoms with Gasteiger partial charge in [0, 0.05) is 31.3 Å². The summed E-state index contributed by atoms with van der Waals surface area (Å²) in [5.74, 6) is 0.955. The summed E-state index contributed by atoms with van der Waals surface area (Å²) in [5.41, 5.74) is 1.37. The van der Waals surface area contributed by atoms with E-state index in [0.717, 1.165) is 49.9 Å². The number of hydrogen-bond acceptors (Lipinski definition) is 4. The topological polar surface area (TPSA) is 33.7 Å². The fourth-order valence-corrected chi connectivity index (χ4v) is 4.46. The van der Waals surface area contributed by atoms with Crippen LogP contribution in [-0.4, -0.2) is 49.4 Å². The number of nitrogens with one attached hydrogen (secondary N) is 1. The first-order valence-electron chi connectivity index (χ1n) is 9.56. The van der Waals surface area contributed by atoms with Crippen LogP contribution in [0.5, 0.6) is 5.75 Å². The van der Waals surface area contributed by atoms with E-state index < -0.39 is 0 Å². The van der Waals surface area contributed by atoms with E-state index in [1.54, 1.807) is 0 Å². The SMILES string of the molecule is CN(Cc1ccc(OCC2CCCO2)cc1)C1CC2CCC(C1)N2. The molecule has 3 aliphatic heterocycles. The smallest absolute Gasteiger partial charge is 0.119 e. The number of hydrogen-bond donors (Lipinski definition) is 1. The van der Waals surface area contributed by atoms with E-state index in [1.165, 1.54) is 31.2 Å². The zero-order valence-corrected chi connectivity index (χ0v) is 14.7. The third-order valence-corrected chi connectivity index (χ3v) is 5.89. The quantitative estimate of drug-likeness (QED) is 0.869. The number of nitrogens with zero attached hydrogens (tertiary/aromatic N) is 1. The number of benzene rings is 1. The van der Waals surface area contributed by atoms with E-state index in [0.29, 0.717) is 6.61 Å². The highest BCUT2D eigenvalue weighted by Gasteiger charge is 2.34. The second-order valence-electron chi connectivity index (χ2n) is 7.77. The molecule has 2 bridgehead atoms. The molecule has 3 unspecified atom stereocenters. The molecule has 1 aromatic rings. The lowest BCUT2D eigenvalue weighted by molar-refractivity contribution is 0.0679. The van der Waals surface area contributed by atoms with Crippen molar-refractivity contribution >= 4 is 0 Å². The molecule has 0 radical (unpaired) electrons. The molecule has 3 aliphatic rings. The van der Waals surface area contributed by atoms with Gasteiger partial charge in [0.05, 0.1) is 6.10 Å². The van der Waals surface area contributed by atoms with Gasteiger partial charge in [0.15, 0.2) is 0 Å². The summed E-state index contributed by atoms with van der Waals surface area (Å²) in [5, 5.41) is 3.73. The van der Waals surface area contributed by atoms with Crippen LogP contribution in [0.25, 0.3) is 0 Å². The lowest BCUT2D eigenvalue weighted by Gasteiger charge is -2.35. The summed E-state index contributed by atoms with van der Waals surface area (Å²) in [6, 6.07) is 10.8. The summed E-state index contributed by atoms with van der Waals surface area (Å²) in [6.07, 6.45) is 7.91. The minimum absolute atomic E-state index is 0.283. The van der Waals surface area contributed by atoms with E-state index in [9.17, 15) is 0 Å². The Bertz CT molecular complexity index is 515. The van der Waals surface area contributed by atoms with Gasteiger partial charge >= 0.3 is 0 Å². The molecule has 4 nitrogen and oxygen atoms in total. The molecule has 3 heterocycles. The Hall–Kier alpha value is -1.10. The highest BCUT2D eigenvalue weighted by molar-refractivity contribution is 5.27. The first kappa shape index (κ1) is 16.4. The molecule has 1 N–H and O–H groups in total. The molecule has 0 amide bonds. The van der Waals surface area contributed by atoms with Crippen LogP contribution in [0.15, 0.2) is 24.3 Å². The van der Waals surface area contributed by atoms with Crippen molar-refractivity contribution in [2.75, 3.05) is 20.3 Å². The fourth-order valence-electron chi connectivity index (χ4n) is 4.46. The highest BCUT2D eigenvalue weighted by Crippen LogP contribution is 2.30. The Morgan fingerprint density at radius 3 is 2.54 bits per heavy atom. The van der Waals surface area contributed by atoms with Crippen LogP contribution in [0.2, 0.25) is 0 Å². The molecule has 3 fully saturated rings. The zero-order valence-electron chi connectivity index (χ0n) is 14.7. The molecule has 0 aromatic heterocycles. The van der Waals surface area contributed by atoms with Crippen molar-refractivity contribution in [1.29, 1.82) is 0 Å². The predicted octanol–water partition coefficient (Wildman–Crippen LogP) is 2.96. The molecule has 132 valence electrons. The second-order valence-corrected chi connectivity index (χ2v) is 7.77. The van der Waals surface area contributed by atoms with Gasteiger partial charge < -0.3 is 14.8 Å². The number of ether oxygens (including phenoxy) is 2. The van der Waals surface area contributed by atoms with Crippen molar-refractivity contribution < 1.29 is 9.47 Å². The van der Waals surface area contributed by atoms with Crippen molar-refractivity contribution in [2.45, 2.75) is 69.3 Å². The number of rotatable bonds is 6. The number of fused-ring (bicyclic) bond motifs is 2. The van der Waals surface area contributed by atoms with Crippen LogP contribution >= 0.6 is 0 Å². The fraction of sp³-hybridized carbons (Fsp3) is 0.700. The summed E-state index contributed by atoms with van der Waals surface area (Å²) in [7, 11) is 2.28. The molecule has 24 heavy (non-hydrogen) atoms. The Balaban J connectivity index is 1.27. The lowest BCUT2D eigenvalue weighted by atomic mass is 9.98. The van der Waals surface area contributed by atoms with E-state index in [1.807, 2.05) is 0 Å². The minimum atomic E-state index is 0.283. The predicted molar refractivity (Wildman–Crippen MR) is 95.3 cm³/mol. The first-order valence-corrected chi connectivity index (χ1v) is 9.56. The number of piperidine rings is 1. The van der Waals surface area contributed by atoms with Gasteiger partial charge in [-0.25, -0.2) is 0 Å². The van der Waals surface area contributed by atoms with Crippen molar-refractivity contribution in [3.05, 3.63) is 29.8 Å². The van der Waals surface area contributed by atoms with Gasteiger partial charge in [-0.1, -0.05) is 12.1 Å². The van der Waals surface area contributed by atoms with Crippen LogP contribution in [0.4, 0.5) is 0 Å². The Morgan fingerprint density at radius 2 is 1.88 bits per heavy atom. The Morgan fingerprint density at radius 1 is 1.12 bits per heavy atom. The third kappa shape index (κ3) is 3.93. The molecule has 3 atom stereocenters. The van der Waals surface area contributed by atoms with Crippen LogP contribution < -0.4 is 10.1 Å². The minimum Gasteiger partial charge on any atom is -0.491 e. The van der Waals surface area contributed by atoms with Gasteiger partial charge in [0.1, 0.15) is 12.4 Å². The van der Waals surface area contributed by atoms with Crippen LogP contribution in [0.3, 0.4) is 0 Å². The zero-order chi connectivity index (χ0) is 16.4. The maximum Gasteiger partial charge on any atom is 0.119 e. The molecule has 4 heteroatoms. The Kier molecular flexibility index (Phi) is 5.06. The molecule has 0 saturated carbocycles. The van der Waals surface area contributed by atoms with E-state index in [2.05, 4.69) is 41.5 Å². The van der Waals surface area contributed by atoms with Crippen LogP contribution in [-0.2, 0) is 11.3 Å². The normalized spacial score (nSPS) is 32.4. The van der Waals surface area contributed by atoms with Gasteiger partial charge in [-0.15, -0.1) is 0 Å². The lowest BCUT2D eigenvalue weighted by Crippen LogP contribution is -2.46. The van der Waals surface area contributed by atoms with E-state index >= 15 is 0 Å². The largest absolute Gasteiger partial charge is 0.491 e. The summed E-state index contributed by atoms with van der Waals surface area (Å²) in [4.78, 5) is 2.54. The Labute approximate surface area is 145 Å². The molecular formula is C20H30N2O2. The second kappa shape index (κ2) is 7.42. The molecule has 1 aromatic carbocycles. The van der Waals surface area contributed by atoms with Gasteiger partial charge in [-0.2, -0.15) is 0 Å². The average Bonchev–Trinajstić information content (AvgIpc) is 3.23. The van der Waals surface area contributed by atoms with E-state index in [4.69, 9.17) is 9.47 Å². The molecule has 0 aliphatic carbocycles. The molecular weight excluding hydrogens is 300 g/mol. The van der Waals surface area contributed by atoms with Gasteiger partial charge in [-0.05, 0) is 63.3 Å². The highest BCUT2D eigenvalue weighted by atomic mass is 16.5. The monoisotopic (exact) mass is 330 g/mol. The summed E-state index contributed by atoms with van der Waals surface area (Å²) < 4.78 is 11.5. The molecule has 4 rings (SSSR count). The van der Waals surface area contributed by atoms with Gasteiger partial charge in [-0.3, -0.25) is 4.90 Å². The average molecular weight is 330 g/mol. The van der Waals surface area contributed by atoms with Gasteiger partial charge in [0.25, 0.3) is 0 Å².